The zero-order valence-electron chi connectivity index (χ0n) is 13.3. The van der Waals surface area contributed by atoms with Gasteiger partial charge in [-0.2, -0.15) is 0 Å². The minimum Gasteiger partial charge on any atom is -0.353 e. The Hall–Kier alpha value is -2.21. The van der Waals surface area contributed by atoms with Gasteiger partial charge in [0, 0.05) is 19.0 Å². The van der Waals surface area contributed by atoms with Gasteiger partial charge >= 0.3 is 0 Å². The molecule has 1 aromatic heterocycles. The Balaban J connectivity index is 1.62. The molecule has 24 heavy (non-hydrogen) atoms. The maximum atomic E-state index is 13.0. The van der Waals surface area contributed by atoms with Crippen LogP contribution in [0.5, 0.6) is 0 Å². The third kappa shape index (κ3) is 2.82. The quantitative estimate of drug-likeness (QED) is 0.853. The first-order valence-corrected chi connectivity index (χ1v) is 9.10. The van der Waals surface area contributed by atoms with Crippen molar-refractivity contribution >= 4 is 33.4 Å². The summed E-state index contributed by atoms with van der Waals surface area (Å²) in [6.45, 7) is 1.31. The van der Waals surface area contributed by atoms with E-state index in [1.807, 2.05) is 18.2 Å². The van der Waals surface area contributed by atoms with E-state index in [1.54, 1.807) is 16.2 Å². The molecule has 1 aromatic carbocycles. The van der Waals surface area contributed by atoms with E-state index in [2.05, 4.69) is 23.5 Å². The number of nitrogens with zero attached hydrogens (tertiary/aromatic N) is 2. The number of aromatic nitrogens is 1. The van der Waals surface area contributed by atoms with E-state index in [4.69, 9.17) is 4.98 Å². The molecule has 1 saturated heterocycles. The van der Waals surface area contributed by atoms with E-state index in [-0.39, 0.29) is 30.2 Å². The van der Waals surface area contributed by atoms with Crippen LogP contribution < -0.4 is 5.32 Å². The fraction of sp³-hybridized carbons (Fsp3) is 0.389. The SMILES string of the molecule is O=C1CN(C(=O)[C@@H]2CC=CC[C@@H]2c2nc3ccccc3s2)CCN1. The summed E-state index contributed by atoms with van der Waals surface area (Å²) in [5.74, 6) is -0.0118. The van der Waals surface area contributed by atoms with Crippen molar-refractivity contribution in [3.8, 4) is 0 Å². The summed E-state index contributed by atoms with van der Waals surface area (Å²) in [5.41, 5.74) is 0.996. The summed E-state index contributed by atoms with van der Waals surface area (Å²) >= 11 is 1.68. The third-order valence-corrected chi connectivity index (χ3v) is 5.90. The molecule has 2 aliphatic rings. The normalized spacial score (nSPS) is 24.2. The molecule has 5 nitrogen and oxygen atoms in total. The second-order valence-electron chi connectivity index (χ2n) is 6.29. The Morgan fingerprint density at radius 3 is 2.92 bits per heavy atom. The smallest absolute Gasteiger partial charge is 0.239 e. The number of nitrogens with one attached hydrogen (secondary N) is 1. The summed E-state index contributed by atoms with van der Waals surface area (Å²) in [4.78, 5) is 31.0. The topological polar surface area (TPSA) is 62.3 Å². The average molecular weight is 341 g/mol. The Kier molecular flexibility index (Phi) is 4.06. The molecule has 1 aliphatic heterocycles. The Labute approximate surface area is 144 Å². The molecule has 0 saturated carbocycles. The van der Waals surface area contributed by atoms with Crippen molar-refractivity contribution in [3.63, 3.8) is 0 Å². The number of benzene rings is 1. The average Bonchev–Trinajstić information content (AvgIpc) is 3.05. The molecule has 0 spiro atoms. The number of para-hydroxylation sites is 1. The first kappa shape index (κ1) is 15.3. The summed E-state index contributed by atoms with van der Waals surface area (Å²) in [5, 5.41) is 3.80. The molecular formula is C18H19N3O2S. The molecule has 1 aliphatic carbocycles. The summed E-state index contributed by atoms with van der Waals surface area (Å²) in [6.07, 6.45) is 5.77. The number of hydrogen-bond acceptors (Lipinski definition) is 4. The number of piperazine rings is 1. The molecule has 2 atom stereocenters. The number of hydrogen-bond donors (Lipinski definition) is 1. The van der Waals surface area contributed by atoms with Crippen LogP contribution in [0.25, 0.3) is 10.2 Å². The van der Waals surface area contributed by atoms with Crippen LogP contribution in [-0.4, -0.2) is 41.3 Å². The minimum absolute atomic E-state index is 0.0718. The molecule has 124 valence electrons. The lowest BCUT2D eigenvalue weighted by Crippen LogP contribution is -2.52. The van der Waals surface area contributed by atoms with Crippen molar-refractivity contribution in [2.75, 3.05) is 19.6 Å². The lowest BCUT2D eigenvalue weighted by atomic mass is 9.82. The Morgan fingerprint density at radius 2 is 2.08 bits per heavy atom. The monoisotopic (exact) mass is 341 g/mol. The van der Waals surface area contributed by atoms with E-state index >= 15 is 0 Å². The number of amides is 2. The number of thiazole rings is 1. The Bertz CT molecular complexity index is 780. The zero-order chi connectivity index (χ0) is 16.5. The largest absolute Gasteiger partial charge is 0.353 e. The van der Waals surface area contributed by atoms with Crippen LogP contribution in [0.3, 0.4) is 0 Å². The van der Waals surface area contributed by atoms with E-state index in [0.29, 0.717) is 13.1 Å². The van der Waals surface area contributed by atoms with Crippen LogP contribution in [0.2, 0.25) is 0 Å². The van der Waals surface area contributed by atoms with Gasteiger partial charge in [-0.15, -0.1) is 11.3 Å². The summed E-state index contributed by atoms with van der Waals surface area (Å²) < 4.78 is 1.16. The van der Waals surface area contributed by atoms with Gasteiger partial charge in [-0.25, -0.2) is 4.98 Å². The van der Waals surface area contributed by atoms with Crippen molar-refractivity contribution in [1.29, 1.82) is 0 Å². The van der Waals surface area contributed by atoms with Crippen LogP contribution in [0.4, 0.5) is 0 Å². The van der Waals surface area contributed by atoms with Gasteiger partial charge in [0.05, 0.1) is 27.7 Å². The van der Waals surface area contributed by atoms with E-state index in [0.717, 1.165) is 28.1 Å². The molecular weight excluding hydrogens is 322 g/mol. The second kappa shape index (κ2) is 6.36. The van der Waals surface area contributed by atoms with Gasteiger partial charge in [-0.05, 0) is 25.0 Å². The van der Waals surface area contributed by atoms with Crippen molar-refractivity contribution < 1.29 is 9.59 Å². The lowest BCUT2D eigenvalue weighted by Gasteiger charge is -2.33. The molecule has 2 amide bonds. The third-order valence-electron chi connectivity index (χ3n) is 4.73. The summed E-state index contributed by atoms with van der Waals surface area (Å²) in [6, 6.07) is 8.09. The maximum absolute atomic E-state index is 13.0. The van der Waals surface area contributed by atoms with E-state index in [1.165, 1.54) is 0 Å². The molecule has 2 aromatic rings. The highest BCUT2D eigenvalue weighted by atomic mass is 32.1. The van der Waals surface area contributed by atoms with Crippen LogP contribution in [0, 0.1) is 5.92 Å². The van der Waals surface area contributed by atoms with Crippen LogP contribution in [-0.2, 0) is 9.59 Å². The van der Waals surface area contributed by atoms with Crippen LogP contribution in [0.15, 0.2) is 36.4 Å². The van der Waals surface area contributed by atoms with Crippen molar-refractivity contribution in [3.05, 3.63) is 41.4 Å². The van der Waals surface area contributed by atoms with Gasteiger partial charge in [0.25, 0.3) is 0 Å². The molecule has 4 rings (SSSR count). The molecule has 1 fully saturated rings. The number of carbonyl (C=O) groups is 2. The summed E-state index contributed by atoms with van der Waals surface area (Å²) in [7, 11) is 0. The molecule has 6 heteroatoms. The van der Waals surface area contributed by atoms with Gasteiger partial charge < -0.3 is 10.2 Å². The zero-order valence-corrected chi connectivity index (χ0v) is 14.1. The highest BCUT2D eigenvalue weighted by Crippen LogP contribution is 2.39. The number of rotatable bonds is 2. The van der Waals surface area contributed by atoms with Gasteiger partial charge in [0.2, 0.25) is 11.8 Å². The van der Waals surface area contributed by atoms with Gasteiger partial charge in [-0.1, -0.05) is 24.3 Å². The van der Waals surface area contributed by atoms with Gasteiger partial charge in [0.1, 0.15) is 0 Å². The number of allylic oxidation sites excluding steroid dienone is 2. The predicted octanol–water partition coefficient (Wildman–Crippen LogP) is 2.30. The fourth-order valence-corrected chi connectivity index (χ4v) is 4.62. The van der Waals surface area contributed by atoms with Crippen molar-refractivity contribution in [2.45, 2.75) is 18.8 Å². The van der Waals surface area contributed by atoms with E-state index < -0.39 is 0 Å². The highest BCUT2D eigenvalue weighted by Gasteiger charge is 2.36. The van der Waals surface area contributed by atoms with Crippen LogP contribution in [0.1, 0.15) is 23.8 Å². The second-order valence-corrected chi connectivity index (χ2v) is 7.35. The molecule has 0 radical (unpaired) electrons. The predicted molar refractivity (Wildman–Crippen MR) is 93.8 cm³/mol. The highest BCUT2D eigenvalue weighted by molar-refractivity contribution is 7.18. The minimum atomic E-state index is -0.124. The van der Waals surface area contributed by atoms with Crippen molar-refractivity contribution in [2.24, 2.45) is 5.92 Å². The van der Waals surface area contributed by atoms with Gasteiger partial charge in [-0.3, -0.25) is 9.59 Å². The van der Waals surface area contributed by atoms with Gasteiger partial charge in [0.15, 0.2) is 0 Å². The van der Waals surface area contributed by atoms with E-state index in [9.17, 15) is 9.59 Å². The standard InChI is InChI=1S/C18H19N3O2S/c22-16-11-21(10-9-19-16)18(23)13-6-2-1-5-12(13)17-20-14-7-3-4-8-15(14)24-17/h1-4,7-8,12-13H,5-6,9-11H2,(H,19,22)/t12-,13+/m0/s1. The van der Waals surface area contributed by atoms with Crippen LogP contribution >= 0.6 is 11.3 Å². The number of carbonyl (C=O) groups excluding carboxylic acids is 2. The molecule has 2 heterocycles. The maximum Gasteiger partial charge on any atom is 0.239 e. The number of fused-ring (bicyclic) bond motifs is 1. The lowest BCUT2D eigenvalue weighted by molar-refractivity contribution is -0.142. The first-order chi connectivity index (χ1) is 11.7. The fourth-order valence-electron chi connectivity index (χ4n) is 3.47. The molecule has 1 N–H and O–H groups in total. The Morgan fingerprint density at radius 1 is 1.25 bits per heavy atom. The first-order valence-electron chi connectivity index (χ1n) is 8.28. The molecule has 0 bridgehead atoms. The van der Waals surface area contributed by atoms with Crippen molar-refractivity contribution in [1.82, 2.24) is 15.2 Å². The molecule has 0 unspecified atom stereocenters.